The molecule has 0 radical (unpaired) electrons. The fourth-order valence-corrected chi connectivity index (χ4v) is 3.49. The molecule has 0 saturated carbocycles. The number of carbonyl (C=O) groups is 2. The molecule has 0 spiro atoms. The lowest BCUT2D eigenvalue weighted by Crippen LogP contribution is -2.58. The first-order chi connectivity index (χ1) is 13.5. The second-order valence-electron chi connectivity index (χ2n) is 6.94. The smallest absolute Gasteiger partial charge is 0.245 e. The average molecular weight is 378 g/mol. The lowest BCUT2D eigenvalue weighted by Gasteiger charge is -2.38. The molecular weight excluding hydrogens is 356 g/mol. The number of imidazole rings is 1. The van der Waals surface area contributed by atoms with E-state index in [1.807, 2.05) is 59.3 Å². The van der Waals surface area contributed by atoms with Crippen LogP contribution in [0.15, 0.2) is 54.9 Å². The molecular formula is C21H22N4O3. The number of fused-ring (bicyclic) bond motifs is 1. The molecule has 1 atom stereocenters. The van der Waals surface area contributed by atoms with Crippen molar-refractivity contribution in [2.24, 2.45) is 0 Å². The molecule has 1 fully saturated rings. The molecule has 0 unspecified atom stereocenters. The number of amides is 2. The average Bonchev–Trinajstić information content (AvgIpc) is 3.12. The molecule has 2 amide bonds. The van der Waals surface area contributed by atoms with Crippen LogP contribution in [0.2, 0.25) is 0 Å². The molecule has 3 aromatic rings. The second-order valence-corrected chi connectivity index (χ2v) is 6.94. The van der Waals surface area contributed by atoms with Crippen LogP contribution in [0.1, 0.15) is 18.2 Å². The maximum atomic E-state index is 12.9. The SMILES string of the molecule is COc1ccc(CN2CC(=O)N(Cc3cn4ccccc4n3)[C@@H](C)C2=O)cc1. The highest BCUT2D eigenvalue weighted by Crippen LogP contribution is 2.19. The zero-order chi connectivity index (χ0) is 19.7. The highest BCUT2D eigenvalue weighted by atomic mass is 16.5. The predicted octanol–water partition coefficient (Wildman–Crippen LogP) is 2.10. The molecule has 1 aliphatic rings. The number of hydrogen-bond donors (Lipinski definition) is 0. The Kier molecular flexibility index (Phi) is 4.73. The van der Waals surface area contributed by atoms with E-state index in [2.05, 4.69) is 4.98 Å². The van der Waals surface area contributed by atoms with Crippen LogP contribution in [0.4, 0.5) is 0 Å². The first-order valence-corrected chi connectivity index (χ1v) is 9.19. The van der Waals surface area contributed by atoms with Crippen LogP contribution >= 0.6 is 0 Å². The number of carbonyl (C=O) groups excluding carboxylic acids is 2. The maximum Gasteiger partial charge on any atom is 0.245 e. The molecule has 1 aromatic carbocycles. The summed E-state index contributed by atoms with van der Waals surface area (Å²) in [4.78, 5) is 33.3. The quantitative estimate of drug-likeness (QED) is 0.682. The van der Waals surface area contributed by atoms with Crippen molar-refractivity contribution in [2.75, 3.05) is 13.7 Å². The zero-order valence-corrected chi connectivity index (χ0v) is 15.9. The Hall–Kier alpha value is -3.35. The van der Waals surface area contributed by atoms with E-state index >= 15 is 0 Å². The minimum atomic E-state index is -0.524. The van der Waals surface area contributed by atoms with Gasteiger partial charge in [0.1, 0.15) is 24.0 Å². The van der Waals surface area contributed by atoms with Gasteiger partial charge in [0, 0.05) is 18.9 Å². The predicted molar refractivity (Wildman–Crippen MR) is 104 cm³/mol. The molecule has 2 aromatic heterocycles. The van der Waals surface area contributed by atoms with Gasteiger partial charge in [0.15, 0.2) is 0 Å². The van der Waals surface area contributed by atoms with Gasteiger partial charge in [-0.1, -0.05) is 18.2 Å². The monoisotopic (exact) mass is 378 g/mol. The van der Waals surface area contributed by atoms with E-state index in [0.29, 0.717) is 13.1 Å². The number of aromatic nitrogens is 2. The third-order valence-electron chi connectivity index (χ3n) is 5.06. The first-order valence-electron chi connectivity index (χ1n) is 9.19. The minimum absolute atomic E-state index is 0.0563. The van der Waals surface area contributed by atoms with Crippen molar-refractivity contribution in [3.63, 3.8) is 0 Å². The number of piperazine rings is 1. The van der Waals surface area contributed by atoms with Crippen LogP contribution in [0.25, 0.3) is 5.65 Å². The van der Waals surface area contributed by atoms with Crippen molar-refractivity contribution >= 4 is 17.5 Å². The summed E-state index contributed by atoms with van der Waals surface area (Å²) < 4.78 is 7.07. The lowest BCUT2D eigenvalue weighted by atomic mass is 10.1. The summed E-state index contributed by atoms with van der Waals surface area (Å²) in [5.74, 6) is 0.633. The standard InChI is InChI=1S/C21H22N4O3/c1-15-21(27)24(11-16-6-8-18(28-2)9-7-16)14-20(26)25(15)13-17-12-23-10-4-3-5-19(23)22-17/h3-10,12,15H,11,13-14H2,1-2H3/t15-/m0/s1. The summed E-state index contributed by atoms with van der Waals surface area (Å²) in [5, 5.41) is 0. The number of nitrogens with zero attached hydrogens (tertiary/aromatic N) is 4. The second kappa shape index (κ2) is 7.34. The van der Waals surface area contributed by atoms with Crippen molar-refractivity contribution in [3.8, 4) is 5.75 Å². The number of rotatable bonds is 5. The van der Waals surface area contributed by atoms with E-state index in [-0.39, 0.29) is 18.4 Å². The van der Waals surface area contributed by atoms with Crippen molar-refractivity contribution in [1.29, 1.82) is 0 Å². The molecule has 7 heteroatoms. The zero-order valence-electron chi connectivity index (χ0n) is 15.9. The summed E-state index contributed by atoms with van der Waals surface area (Å²) in [6, 6.07) is 12.7. The van der Waals surface area contributed by atoms with Gasteiger partial charge in [-0.25, -0.2) is 4.98 Å². The summed E-state index contributed by atoms with van der Waals surface area (Å²) in [5.41, 5.74) is 2.55. The third-order valence-corrected chi connectivity index (χ3v) is 5.06. The summed E-state index contributed by atoms with van der Waals surface area (Å²) in [6.07, 6.45) is 3.80. The van der Waals surface area contributed by atoms with Crippen molar-refractivity contribution in [1.82, 2.24) is 19.2 Å². The number of pyridine rings is 1. The van der Waals surface area contributed by atoms with Gasteiger partial charge in [0.25, 0.3) is 0 Å². The van der Waals surface area contributed by atoms with Crippen LogP contribution in [0.3, 0.4) is 0 Å². The molecule has 28 heavy (non-hydrogen) atoms. The van der Waals surface area contributed by atoms with Crippen LogP contribution in [-0.4, -0.2) is 50.7 Å². The summed E-state index contributed by atoms with van der Waals surface area (Å²) in [6.45, 7) is 2.57. The molecule has 7 nitrogen and oxygen atoms in total. The van der Waals surface area contributed by atoms with Crippen LogP contribution in [-0.2, 0) is 22.7 Å². The van der Waals surface area contributed by atoms with Crippen LogP contribution in [0, 0.1) is 0 Å². The van der Waals surface area contributed by atoms with Crippen LogP contribution < -0.4 is 4.74 Å². The maximum absolute atomic E-state index is 12.9. The largest absolute Gasteiger partial charge is 0.497 e. The van der Waals surface area contributed by atoms with E-state index < -0.39 is 6.04 Å². The summed E-state index contributed by atoms with van der Waals surface area (Å²) >= 11 is 0. The normalized spacial score (nSPS) is 17.4. The Bertz CT molecular complexity index is 979. The number of benzene rings is 1. The molecule has 1 aliphatic heterocycles. The van der Waals surface area contributed by atoms with Crippen molar-refractivity contribution in [3.05, 3.63) is 66.1 Å². The molecule has 1 saturated heterocycles. The van der Waals surface area contributed by atoms with Gasteiger partial charge >= 0.3 is 0 Å². The lowest BCUT2D eigenvalue weighted by molar-refractivity contribution is -0.156. The first kappa shape index (κ1) is 18.0. The highest BCUT2D eigenvalue weighted by molar-refractivity contribution is 5.94. The fraction of sp³-hybridized carbons (Fsp3) is 0.286. The Morgan fingerprint density at radius 3 is 2.61 bits per heavy atom. The topological polar surface area (TPSA) is 67.2 Å². The molecule has 0 bridgehead atoms. The van der Waals surface area contributed by atoms with E-state index in [4.69, 9.17) is 4.74 Å². The van der Waals surface area contributed by atoms with Gasteiger partial charge in [-0.05, 0) is 36.8 Å². The third kappa shape index (κ3) is 3.43. The van der Waals surface area contributed by atoms with Gasteiger partial charge in [0.05, 0.1) is 19.3 Å². The van der Waals surface area contributed by atoms with Gasteiger partial charge in [-0.15, -0.1) is 0 Å². The Morgan fingerprint density at radius 2 is 1.89 bits per heavy atom. The van der Waals surface area contributed by atoms with E-state index in [9.17, 15) is 9.59 Å². The van der Waals surface area contributed by atoms with Crippen LogP contribution in [0.5, 0.6) is 5.75 Å². The minimum Gasteiger partial charge on any atom is -0.497 e. The Morgan fingerprint density at radius 1 is 1.11 bits per heavy atom. The number of methoxy groups -OCH3 is 1. The molecule has 144 valence electrons. The van der Waals surface area contributed by atoms with Gasteiger partial charge in [-0.3, -0.25) is 9.59 Å². The van der Waals surface area contributed by atoms with E-state index in [0.717, 1.165) is 22.7 Å². The van der Waals surface area contributed by atoms with E-state index in [1.54, 1.807) is 23.8 Å². The summed E-state index contributed by atoms with van der Waals surface area (Å²) in [7, 11) is 1.61. The van der Waals surface area contributed by atoms with Gasteiger partial charge in [0.2, 0.25) is 11.8 Å². The molecule has 3 heterocycles. The number of hydrogen-bond acceptors (Lipinski definition) is 4. The number of ether oxygens (including phenoxy) is 1. The molecule has 0 aliphatic carbocycles. The van der Waals surface area contributed by atoms with Crippen molar-refractivity contribution < 1.29 is 14.3 Å². The highest BCUT2D eigenvalue weighted by Gasteiger charge is 2.36. The molecule has 4 rings (SSSR count). The Labute approximate surface area is 163 Å². The Balaban J connectivity index is 1.47. The van der Waals surface area contributed by atoms with Crippen molar-refractivity contribution in [2.45, 2.75) is 26.1 Å². The van der Waals surface area contributed by atoms with E-state index in [1.165, 1.54) is 0 Å². The van der Waals surface area contributed by atoms with Gasteiger partial charge < -0.3 is 18.9 Å². The molecule has 0 N–H and O–H groups in total. The fourth-order valence-electron chi connectivity index (χ4n) is 3.49. The van der Waals surface area contributed by atoms with Gasteiger partial charge in [-0.2, -0.15) is 0 Å².